The molecular weight excluding hydrogens is 240 g/mol. The molecule has 0 aromatic carbocycles. The van der Waals surface area contributed by atoms with E-state index in [0.29, 0.717) is 11.5 Å². The first kappa shape index (κ1) is 13.0. The van der Waals surface area contributed by atoms with Crippen molar-refractivity contribution in [1.29, 1.82) is 0 Å². The minimum absolute atomic E-state index is 0.146. The molecule has 2 aliphatic rings. The summed E-state index contributed by atoms with van der Waals surface area (Å²) in [7, 11) is -0.883. The molecule has 2 atom stereocenters. The molecule has 0 radical (unpaired) electrons. The number of hydrogen-bond donors (Lipinski definition) is 1. The number of aliphatic carboxylic acids is 1. The zero-order chi connectivity index (χ0) is 12.3. The van der Waals surface area contributed by atoms with Gasteiger partial charge in [0.05, 0.1) is 12.5 Å². The lowest BCUT2D eigenvalue weighted by Crippen LogP contribution is -2.20. The summed E-state index contributed by atoms with van der Waals surface area (Å²) in [5, 5.41) is 8.79. The maximum atomic E-state index is 11.9. The minimum atomic E-state index is -0.883. The molecule has 0 amide bonds. The largest absolute Gasteiger partial charge is 0.481 e. The quantitative estimate of drug-likeness (QED) is 0.754. The number of carbonyl (C=O) groups is 1. The van der Waals surface area contributed by atoms with E-state index in [0.717, 1.165) is 38.7 Å². The van der Waals surface area contributed by atoms with Crippen LogP contribution in [0, 0.1) is 5.41 Å². The van der Waals surface area contributed by atoms with E-state index < -0.39 is 16.8 Å². The highest BCUT2D eigenvalue weighted by atomic mass is 32.2. The van der Waals surface area contributed by atoms with E-state index in [4.69, 9.17) is 9.84 Å². The van der Waals surface area contributed by atoms with Crippen molar-refractivity contribution in [2.45, 2.75) is 44.6 Å². The molecule has 1 aliphatic heterocycles. The van der Waals surface area contributed by atoms with Gasteiger partial charge in [0, 0.05) is 28.9 Å². The Morgan fingerprint density at radius 1 is 1.47 bits per heavy atom. The van der Waals surface area contributed by atoms with E-state index in [1.54, 1.807) is 0 Å². The van der Waals surface area contributed by atoms with E-state index in [1.165, 1.54) is 0 Å². The van der Waals surface area contributed by atoms with Crippen molar-refractivity contribution in [2.75, 3.05) is 18.1 Å². The molecule has 0 aromatic heterocycles. The summed E-state index contributed by atoms with van der Waals surface area (Å²) in [5.41, 5.74) is -0.146. The Hall–Kier alpha value is -0.420. The Morgan fingerprint density at radius 3 is 2.76 bits per heavy atom. The second kappa shape index (κ2) is 5.48. The lowest BCUT2D eigenvalue weighted by molar-refractivity contribution is -0.138. The molecule has 17 heavy (non-hydrogen) atoms. The molecule has 2 fully saturated rings. The molecule has 5 heteroatoms. The van der Waals surface area contributed by atoms with Crippen LogP contribution in [0.25, 0.3) is 0 Å². The highest BCUT2D eigenvalue weighted by Gasteiger charge is 2.45. The SMILES string of the molecule is O=C(O)CC1(CS(=O)CCC2CCCO2)CC1. The van der Waals surface area contributed by atoms with Crippen LogP contribution in [0.5, 0.6) is 0 Å². The van der Waals surface area contributed by atoms with Crippen LogP contribution in [0.3, 0.4) is 0 Å². The molecule has 1 heterocycles. The lowest BCUT2D eigenvalue weighted by atomic mass is 10.1. The van der Waals surface area contributed by atoms with E-state index in [-0.39, 0.29) is 17.9 Å². The van der Waals surface area contributed by atoms with E-state index >= 15 is 0 Å². The molecule has 1 aliphatic carbocycles. The molecule has 98 valence electrons. The van der Waals surface area contributed by atoms with Crippen molar-refractivity contribution in [3.63, 3.8) is 0 Å². The normalized spacial score (nSPS) is 27.9. The van der Waals surface area contributed by atoms with Gasteiger partial charge in [-0.15, -0.1) is 0 Å². The first-order valence-corrected chi connectivity index (χ1v) is 7.77. The van der Waals surface area contributed by atoms with Gasteiger partial charge < -0.3 is 9.84 Å². The highest BCUT2D eigenvalue weighted by Crippen LogP contribution is 2.49. The first-order valence-electron chi connectivity index (χ1n) is 6.28. The second-order valence-corrected chi connectivity index (χ2v) is 6.86. The zero-order valence-corrected chi connectivity index (χ0v) is 10.8. The van der Waals surface area contributed by atoms with E-state index in [1.807, 2.05) is 0 Å². The van der Waals surface area contributed by atoms with Crippen molar-refractivity contribution < 1.29 is 18.8 Å². The number of hydrogen-bond acceptors (Lipinski definition) is 3. The molecule has 2 rings (SSSR count). The van der Waals surface area contributed by atoms with E-state index in [9.17, 15) is 9.00 Å². The minimum Gasteiger partial charge on any atom is -0.481 e. The predicted molar refractivity (Wildman–Crippen MR) is 65.4 cm³/mol. The van der Waals surface area contributed by atoms with Gasteiger partial charge in [0.2, 0.25) is 0 Å². The van der Waals surface area contributed by atoms with Crippen LogP contribution in [0.15, 0.2) is 0 Å². The number of carboxylic acids is 1. The van der Waals surface area contributed by atoms with Crippen molar-refractivity contribution in [1.82, 2.24) is 0 Å². The van der Waals surface area contributed by atoms with Gasteiger partial charge >= 0.3 is 5.97 Å². The second-order valence-electron chi connectivity index (χ2n) is 5.28. The third kappa shape index (κ3) is 4.07. The maximum Gasteiger partial charge on any atom is 0.303 e. The topological polar surface area (TPSA) is 63.6 Å². The van der Waals surface area contributed by atoms with Crippen LogP contribution < -0.4 is 0 Å². The molecule has 1 saturated heterocycles. The van der Waals surface area contributed by atoms with Crippen LogP contribution in [0.2, 0.25) is 0 Å². The average Bonchev–Trinajstić information content (AvgIpc) is 2.81. The summed E-state index contributed by atoms with van der Waals surface area (Å²) >= 11 is 0. The van der Waals surface area contributed by atoms with Crippen LogP contribution in [-0.2, 0) is 20.3 Å². The van der Waals surface area contributed by atoms with Gasteiger partial charge in [-0.2, -0.15) is 0 Å². The summed E-state index contributed by atoms with van der Waals surface area (Å²) in [5.74, 6) is 0.455. The van der Waals surface area contributed by atoms with Gasteiger partial charge in [-0.3, -0.25) is 9.00 Å². The van der Waals surface area contributed by atoms with Crippen LogP contribution in [0.4, 0.5) is 0 Å². The van der Waals surface area contributed by atoms with Crippen molar-refractivity contribution in [2.24, 2.45) is 5.41 Å². The van der Waals surface area contributed by atoms with E-state index in [2.05, 4.69) is 0 Å². The van der Waals surface area contributed by atoms with Crippen molar-refractivity contribution >= 4 is 16.8 Å². The van der Waals surface area contributed by atoms with Crippen molar-refractivity contribution in [3.8, 4) is 0 Å². The fourth-order valence-electron chi connectivity index (χ4n) is 2.42. The van der Waals surface area contributed by atoms with Crippen LogP contribution >= 0.6 is 0 Å². The molecule has 0 spiro atoms. The monoisotopic (exact) mass is 260 g/mol. The molecular formula is C12H20O4S. The van der Waals surface area contributed by atoms with Crippen molar-refractivity contribution in [3.05, 3.63) is 0 Å². The maximum absolute atomic E-state index is 11.9. The standard InChI is InChI=1S/C12H20O4S/c13-11(14)8-12(4-5-12)9-17(15)7-3-10-2-1-6-16-10/h10H,1-9H2,(H,13,14). The third-order valence-corrected chi connectivity index (χ3v) is 5.27. The average molecular weight is 260 g/mol. The van der Waals surface area contributed by atoms with Crippen LogP contribution in [-0.4, -0.2) is 39.5 Å². The van der Waals surface area contributed by atoms with Crippen LogP contribution in [0.1, 0.15) is 38.5 Å². The van der Waals surface area contributed by atoms with Gasteiger partial charge in [0.25, 0.3) is 0 Å². The Kier molecular flexibility index (Phi) is 4.20. The van der Waals surface area contributed by atoms with Gasteiger partial charge in [-0.25, -0.2) is 0 Å². The molecule has 1 N–H and O–H groups in total. The molecule has 2 unspecified atom stereocenters. The van der Waals surface area contributed by atoms with Gasteiger partial charge in [-0.1, -0.05) is 0 Å². The summed E-state index contributed by atoms with van der Waals surface area (Å²) in [6.07, 6.45) is 5.36. The summed E-state index contributed by atoms with van der Waals surface area (Å²) < 4.78 is 17.4. The summed E-state index contributed by atoms with van der Waals surface area (Å²) in [4.78, 5) is 10.7. The fraction of sp³-hybridized carbons (Fsp3) is 0.917. The van der Waals surface area contributed by atoms with Gasteiger partial charge in [0.1, 0.15) is 0 Å². The summed E-state index contributed by atoms with van der Waals surface area (Å²) in [6, 6.07) is 0. The van der Waals surface area contributed by atoms with Gasteiger partial charge in [-0.05, 0) is 37.5 Å². The third-order valence-electron chi connectivity index (χ3n) is 3.64. The number of rotatable bonds is 7. The Balaban J connectivity index is 1.68. The Bertz CT molecular complexity index is 306. The molecule has 0 aromatic rings. The first-order chi connectivity index (χ1) is 8.10. The number of ether oxygens (including phenoxy) is 1. The highest BCUT2D eigenvalue weighted by molar-refractivity contribution is 7.85. The predicted octanol–water partition coefficient (Wildman–Crippen LogP) is 1.56. The zero-order valence-electron chi connectivity index (χ0n) is 10.0. The Labute approximate surface area is 104 Å². The fourth-order valence-corrected chi connectivity index (χ4v) is 4.16. The number of carboxylic acid groups (broad SMARTS) is 1. The molecule has 1 saturated carbocycles. The Morgan fingerprint density at radius 2 is 2.24 bits per heavy atom. The molecule has 4 nitrogen and oxygen atoms in total. The molecule has 0 bridgehead atoms. The lowest BCUT2D eigenvalue weighted by Gasteiger charge is -2.13. The smallest absolute Gasteiger partial charge is 0.303 e. The summed E-state index contributed by atoms with van der Waals surface area (Å²) in [6.45, 7) is 0.834. The van der Waals surface area contributed by atoms with Gasteiger partial charge in [0.15, 0.2) is 0 Å².